The zero-order valence-electron chi connectivity index (χ0n) is 14.2. The minimum atomic E-state index is -1.73. The summed E-state index contributed by atoms with van der Waals surface area (Å²) >= 11 is -1.73. The molecule has 0 saturated heterocycles. The van der Waals surface area contributed by atoms with Gasteiger partial charge in [0.05, 0.1) is 13.2 Å². The minimum Gasteiger partial charge on any atom is -0.591 e. The van der Waals surface area contributed by atoms with Crippen molar-refractivity contribution >= 4 is 23.0 Å². The highest BCUT2D eigenvalue weighted by Crippen LogP contribution is 2.22. The van der Waals surface area contributed by atoms with Gasteiger partial charge >= 0.3 is 5.97 Å². The van der Waals surface area contributed by atoms with Crippen molar-refractivity contribution in [1.82, 2.24) is 0 Å². The zero-order valence-corrected chi connectivity index (χ0v) is 15.0. The minimum absolute atomic E-state index is 0.0750. The van der Waals surface area contributed by atoms with Crippen molar-refractivity contribution in [3.8, 4) is 5.75 Å². The zero-order chi connectivity index (χ0) is 17.8. The maximum absolute atomic E-state index is 14.3. The van der Waals surface area contributed by atoms with Crippen LogP contribution >= 0.6 is 0 Å². The molecule has 0 aliphatic heterocycles. The van der Waals surface area contributed by atoms with Crippen molar-refractivity contribution in [3.63, 3.8) is 0 Å². The van der Waals surface area contributed by atoms with Crippen LogP contribution in [0.1, 0.15) is 40.2 Å². The summed E-state index contributed by atoms with van der Waals surface area (Å²) in [7, 11) is 1.41. The molecule has 128 valence electrons. The van der Waals surface area contributed by atoms with Crippen LogP contribution in [0.15, 0.2) is 22.6 Å². The maximum atomic E-state index is 14.3. The number of carbonyl (C=O) groups is 1. The molecule has 1 unspecified atom stereocenters. The molecule has 7 heteroatoms. The summed E-state index contributed by atoms with van der Waals surface area (Å²) in [6.45, 7) is 8.47. The Morgan fingerprint density at radius 2 is 1.96 bits per heavy atom. The fourth-order valence-electron chi connectivity index (χ4n) is 1.50. The first kappa shape index (κ1) is 19.4. The monoisotopic (exact) mass is 343 g/mol. The van der Waals surface area contributed by atoms with Gasteiger partial charge < -0.3 is 14.0 Å². The van der Waals surface area contributed by atoms with Crippen LogP contribution in [0.3, 0.4) is 0 Å². The number of carbonyl (C=O) groups excluding carboxylic acids is 1. The lowest BCUT2D eigenvalue weighted by Crippen LogP contribution is -2.30. The predicted octanol–water partition coefficient (Wildman–Crippen LogP) is 3.04. The highest BCUT2D eigenvalue weighted by molar-refractivity contribution is 7.91. The quantitative estimate of drug-likeness (QED) is 0.468. The molecule has 0 saturated carbocycles. The molecule has 0 aliphatic rings. The molecule has 1 aromatic carbocycles. The molecule has 0 spiro atoms. The van der Waals surface area contributed by atoms with Crippen molar-refractivity contribution in [2.75, 3.05) is 7.11 Å². The number of hydrogen-bond acceptors (Lipinski definition) is 5. The van der Waals surface area contributed by atoms with E-state index in [-0.39, 0.29) is 11.3 Å². The van der Waals surface area contributed by atoms with Crippen molar-refractivity contribution in [2.45, 2.75) is 45.5 Å². The standard InChI is InChI=1S/C16H22FNO4S/c1-10(2)22-15(19)14(18-23(20)16(3,4)5)12-8-7-11(21-6)9-13(12)17/h7-10H,1-6H3. The van der Waals surface area contributed by atoms with Crippen LogP contribution in [-0.2, 0) is 20.9 Å². The van der Waals surface area contributed by atoms with E-state index in [1.807, 2.05) is 0 Å². The van der Waals surface area contributed by atoms with E-state index in [0.29, 0.717) is 5.75 Å². The summed E-state index contributed by atoms with van der Waals surface area (Å²) in [5.74, 6) is -1.21. The van der Waals surface area contributed by atoms with Gasteiger partial charge in [0.25, 0.3) is 0 Å². The van der Waals surface area contributed by atoms with Crippen LogP contribution in [-0.4, -0.2) is 34.2 Å². The molecule has 0 radical (unpaired) electrons. The van der Waals surface area contributed by atoms with E-state index < -0.39 is 34.0 Å². The van der Waals surface area contributed by atoms with Gasteiger partial charge in [0, 0.05) is 11.6 Å². The Hall–Kier alpha value is -1.60. The molecule has 0 aliphatic carbocycles. The first-order chi connectivity index (χ1) is 10.6. The molecule has 1 rings (SSSR count). The van der Waals surface area contributed by atoms with Gasteiger partial charge in [0.15, 0.2) is 0 Å². The van der Waals surface area contributed by atoms with Crippen molar-refractivity contribution in [1.29, 1.82) is 0 Å². The molecule has 0 bridgehead atoms. The topological polar surface area (TPSA) is 71.0 Å². The lowest BCUT2D eigenvalue weighted by molar-refractivity contribution is -0.138. The molecule has 0 fully saturated rings. The SMILES string of the molecule is COc1ccc(C(=N[S+]([O-])C(C)(C)C)C(=O)OC(C)C)c(F)c1. The van der Waals surface area contributed by atoms with Gasteiger partial charge in [0.2, 0.25) is 5.71 Å². The molecule has 0 N–H and O–H groups in total. The van der Waals surface area contributed by atoms with Gasteiger partial charge in [-0.1, -0.05) is 4.40 Å². The third kappa shape index (κ3) is 5.51. The Bertz CT molecular complexity index is 596. The Morgan fingerprint density at radius 1 is 1.35 bits per heavy atom. The molecule has 0 aromatic heterocycles. The lowest BCUT2D eigenvalue weighted by atomic mass is 10.1. The van der Waals surface area contributed by atoms with Gasteiger partial charge in [-0.15, -0.1) is 0 Å². The fourth-order valence-corrected chi connectivity index (χ4v) is 2.11. The highest BCUT2D eigenvalue weighted by atomic mass is 32.2. The predicted molar refractivity (Wildman–Crippen MR) is 88.6 cm³/mol. The summed E-state index contributed by atoms with van der Waals surface area (Å²) in [6.07, 6.45) is -0.405. The number of nitrogens with zero attached hydrogens (tertiary/aromatic N) is 1. The summed E-state index contributed by atoms with van der Waals surface area (Å²) < 4.78 is 39.8. The second-order valence-corrected chi connectivity index (χ2v) is 8.01. The van der Waals surface area contributed by atoms with Crippen LogP contribution in [0.25, 0.3) is 0 Å². The number of ether oxygens (including phenoxy) is 2. The average molecular weight is 343 g/mol. The third-order valence-electron chi connectivity index (χ3n) is 2.67. The number of rotatable bonds is 5. The van der Waals surface area contributed by atoms with E-state index in [2.05, 4.69) is 4.40 Å². The summed E-state index contributed by atoms with van der Waals surface area (Å²) in [5, 5.41) is 0. The number of hydrogen-bond donors (Lipinski definition) is 0. The van der Waals surface area contributed by atoms with Gasteiger partial charge in [-0.25, -0.2) is 9.18 Å². The van der Waals surface area contributed by atoms with Crippen LogP contribution in [0.5, 0.6) is 5.75 Å². The second kappa shape index (κ2) is 7.79. The van der Waals surface area contributed by atoms with Crippen LogP contribution in [0.2, 0.25) is 0 Å². The Morgan fingerprint density at radius 3 is 2.39 bits per heavy atom. The van der Waals surface area contributed by atoms with Gasteiger partial charge in [-0.05, 0) is 46.8 Å². The van der Waals surface area contributed by atoms with Crippen LogP contribution in [0.4, 0.5) is 4.39 Å². The van der Waals surface area contributed by atoms with E-state index in [1.54, 1.807) is 34.6 Å². The summed E-state index contributed by atoms with van der Waals surface area (Å²) in [5.41, 5.74) is -0.374. The van der Waals surface area contributed by atoms with E-state index in [1.165, 1.54) is 19.2 Å². The molecule has 1 aromatic rings. The number of halogens is 1. The number of esters is 1. The van der Waals surface area contributed by atoms with Crippen molar-refractivity contribution < 1.29 is 23.2 Å². The van der Waals surface area contributed by atoms with E-state index in [9.17, 15) is 13.7 Å². The van der Waals surface area contributed by atoms with Gasteiger partial charge in [-0.2, -0.15) is 0 Å². The summed E-state index contributed by atoms with van der Waals surface area (Å²) in [6, 6.07) is 3.98. The summed E-state index contributed by atoms with van der Waals surface area (Å²) in [4.78, 5) is 12.2. The van der Waals surface area contributed by atoms with Gasteiger partial charge in [0.1, 0.15) is 27.7 Å². The molecule has 1 atom stereocenters. The van der Waals surface area contributed by atoms with Crippen molar-refractivity contribution in [3.05, 3.63) is 29.6 Å². The maximum Gasteiger partial charge on any atom is 0.362 e. The Labute approximate surface area is 139 Å². The largest absolute Gasteiger partial charge is 0.591 e. The smallest absolute Gasteiger partial charge is 0.362 e. The van der Waals surface area contributed by atoms with E-state index in [4.69, 9.17) is 9.47 Å². The van der Waals surface area contributed by atoms with Crippen molar-refractivity contribution in [2.24, 2.45) is 4.40 Å². The number of methoxy groups -OCH3 is 1. The lowest BCUT2D eigenvalue weighted by Gasteiger charge is -2.19. The number of benzene rings is 1. The first-order valence-electron chi connectivity index (χ1n) is 7.12. The molecule has 5 nitrogen and oxygen atoms in total. The van der Waals surface area contributed by atoms with Crippen LogP contribution in [0, 0.1) is 5.82 Å². The highest BCUT2D eigenvalue weighted by Gasteiger charge is 2.31. The van der Waals surface area contributed by atoms with Crippen LogP contribution < -0.4 is 4.74 Å². The molecule has 0 heterocycles. The fraction of sp³-hybridized carbons (Fsp3) is 0.500. The third-order valence-corrected chi connectivity index (χ3v) is 4.06. The average Bonchev–Trinajstić information content (AvgIpc) is 2.42. The molecular weight excluding hydrogens is 321 g/mol. The Kier molecular flexibility index (Phi) is 6.58. The van der Waals surface area contributed by atoms with E-state index in [0.717, 1.165) is 6.07 Å². The first-order valence-corrected chi connectivity index (χ1v) is 8.22. The van der Waals surface area contributed by atoms with Gasteiger partial charge in [-0.3, -0.25) is 0 Å². The normalized spacial score (nSPS) is 13.9. The molecule has 23 heavy (non-hydrogen) atoms. The Balaban J connectivity index is 3.35. The second-order valence-electron chi connectivity index (χ2n) is 6.10. The van der Waals surface area contributed by atoms with E-state index >= 15 is 0 Å². The molecule has 0 amide bonds. The molecular formula is C16H22FNO4S.